The lowest BCUT2D eigenvalue weighted by atomic mass is 9.95. The number of hydrogen-bond donors (Lipinski definition) is 1. The van der Waals surface area contributed by atoms with E-state index in [1.54, 1.807) is 4.52 Å². The first-order valence-electron chi connectivity index (χ1n) is 8.22. The molecular weight excluding hydrogens is 288 g/mol. The number of aromatic nitrogens is 5. The Morgan fingerprint density at radius 2 is 1.91 bits per heavy atom. The molecule has 118 valence electrons. The van der Waals surface area contributed by atoms with E-state index >= 15 is 0 Å². The third kappa shape index (κ3) is 2.88. The summed E-state index contributed by atoms with van der Waals surface area (Å²) in [5.74, 6) is 1.55. The van der Waals surface area contributed by atoms with Gasteiger partial charge in [0.15, 0.2) is 5.65 Å². The molecule has 3 heterocycles. The molecule has 1 aliphatic carbocycles. The minimum absolute atomic E-state index is 0.520. The Kier molecular flexibility index (Phi) is 3.65. The summed E-state index contributed by atoms with van der Waals surface area (Å²) in [7, 11) is 0. The summed E-state index contributed by atoms with van der Waals surface area (Å²) < 4.78 is 1.77. The Morgan fingerprint density at radius 1 is 1.04 bits per heavy atom. The van der Waals surface area contributed by atoms with Crippen molar-refractivity contribution in [1.29, 1.82) is 0 Å². The van der Waals surface area contributed by atoms with Crippen molar-refractivity contribution in [3.63, 3.8) is 0 Å². The van der Waals surface area contributed by atoms with E-state index < -0.39 is 0 Å². The average molecular weight is 308 g/mol. The fourth-order valence-corrected chi connectivity index (χ4v) is 3.08. The van der Waals surface area contributed by atoms with E-state index in [1.165, 1.54) is 32.1 Å². The number of anilines is 1. The van der Waals surface area contributed by atoms with Crippen LogP contribution in [0.4, 0.5) is 5.82 Å². The summed E-state index contributed by atoms with van der Waals surface area (Å²) in [5.41, 5.74) is 2.64. The fraction of sp³-hybridized carbons (Fsp3) is 0.412. The Hall–Kier alpha value is -2.50. The highest BCUT2D eigenvalue weighted by Crippen LogP contribution is 2.22. The van der Waals surface area contributed by atoms with Gasteiger partial charge < -0.3 is 5.32 Å². The van der Waals surface area contributed by atoms with Crippen LogP contribution in [0.1, 0.15) is 37.7 Å². The van der Waals surface area contributed by atoms with E-state index in [0.29, 0.717) is 11.9 Å². The maximum atomic E-state index is 4.67. The first-order valence-corrected chi connectivity index (χ1v) is 8.22. The zero-order valence-electron chi connectivity index (χ0n) is 13.2. The van der Waals surface area contributed by atoms with Crippen LogP contribution in [0.15, 0.2) is 30.5 Å². The van der Waals surface area contributed by atoms with Crippen LogP contribution in [0.25, 0.3) is 17.2 Å². The molecule has 4 rings (SSSR count). The van der Waals surface area contributed by atoms with Gasteiger partial charge in [0.25, 0.3) is 0 Å². The van der Waals surface area contributed by atoms with Crippen LogP contribution in [-0.2, 0) is 0 Å². The maximum absolute atomic E-state index is 4.67. The first kappa shape index (κ1) is 14.1. The molecule has 0 atom stereocenters. The predicted molar refractivity (Wildman–Crippen MR) is 89.2 cm³/mol. The summed E-state index contributed by atoms with van der Waals surface area (Å²) in [6, 6.07) is 8.42. The molecule has 3 aromatic rings. The Balaban J connectivity index is 1.66. The Morgan fingerprint density at radius 3 is 2.70 bits per heavy atom. The maximum Gasteiger partial charge on any atom is 0.203 e. The van der Waals surface area contributed by atoms with Gasteiger partial charge in [0.1, 0.15) is 11.5 Å². The molecule has 6 heteroatoms. The van der Waals surface area contributed by atoms with Crippen molar-refractivity contribution in [1.82, 2.24) is 24.8 Å². The molecule has 0 aromatic carbocycles. The van der Waals surface area contributed by atoms with Gasteiger partial charge in [-0.3, -0.25) is 4.98 Å². The number of nitrogens with one attached hydrogen (secondary N) is 1. The lowest BCUT2D eigenvalue weighted by molar-refractivity contribution is 0.461. The second-order valence-electron chi connectivity index (χ2n) is 6.21. The molecule has 0 radical (unpaired) electrons. The molecule has 0 unspecified atom stereocenters. The van der Waals surface area contributed by atoms with E-state index in [0.717, 1.165) is 22.7 Å². The number of pyridine rings is 1. The quantitative estimate of drug-likeness (QED) is 0.804. The number of aryl methyl sites for hydroxylation is 1. The number of hydrogen-bond acceptors (Lipinski definition) is 5. The van der Waals surface area contributed by atoms with Crippen molar-refractivity contribution in [3.8, 4) is 11.5 Å². The van der Waals surface area contributed by atoms with Crippen molar-refractivity contribution >= 4 is 11.5 Å². The molecule has 1 fully saturated rings. The van der Waals surface area contributed by atoms with Gasteiger partial charge in [0.2, 0.25) is 5.82 Å². The molecule has 6 nitrogen and oxygen atoms in total. The summed E-state index contributed by atoms with van der Waals surface area (Å²) in [5, 5.41) is 16.6. The Bertz CT molecular complexity index is 802. The minimum atomic E-state index is 0.520. The van der Waals surface area contributed by atoms with Gasteiger partial charge in [0, 0.05) is 12.2 Å². The lowest BCUT2D eigenvalue weighted by Crippen LogP contribution is -2.23. The molecule has 1 N–H and O–H groups in total. The first-order chi connectivity index (χ1) is 11.3. The van der Waals surface area contributed by atoms with Gasteiger partial charge in [-0.05, 0) is 43.5 Å². The number of fused-ring (bicyclic) bond motifs is 1. The van der Waals surface area contributed by atoms with Gasteiger partial charge in [-0.25, -0.2) is 0 Å². The highest BCUT2D eigenvalue weighted by molar-refractivity contribution is 5.56. The van der Waals surface area contributed by atoms with E-state index in [-0.39, 0.29) is 0 Å². The van der Waals surface area contributed by atoms with Crippen molar-refractivity contribution in [2.75, 3.05) is 5.32 Å². The van der Waals surface area contributed by atoms with Crippen molar-refractivity contribution in [3.05, 3.63) is 36.0 Å². The monoisotopic (exact) mass is 308 g/mol. The van der Waals surface area contributed by atoms with Gasteiger partial charge >= 0.3 is 0 Å². The topological polar surface area (TPSA) is 68.0 Å². The summed E-state index contributed by atoms with van der Waals surface area (Å²) in [4.78, 5) is 4.43. The van der Waals surface area contributed by atoms with Crippen molar-refractivity contribution in [2.24, 2.45) is 0 Å². The van der Waals surface area contributed by atoms with Crippen molar-refractivity contribution in [2.45, 2.75) is 45.1 Å². The molecule has 0 bridgehead atoms. The van der Waals surface area contributed by atoms with Crippen LogP contribution in [0, 0.1) is 6.92 Å². The van der Waals surface area contributed by atoms with E-state index in [4.69, 9.17) is 0 Å². The average Bonchev–Trinajstić information content (AvgIpc) is 3.00. The largest absolute Gasteiger partial charge is 0.366 e. The van der Waals surface area contributed by atoms with Crippen LogP contribution in [0.3, 0.4) is 0 Å². The standard InChI is InChI=1S/C17H20N6/c1-12-7-8-14(18-11-12)17-21-20-16-10-9-15(22-23(16)17)19-13-5-3-2-4-6-13/h7-11,13H,2-6H2,1H3,(H,19,22). The molecule has 0 amide bonds. The molecular formula is C17H20N6. The van der Waals surface area contributed by atoms with Gasteiger partial charge in [-0.2, -0.15) is 4.52 Å². The van der Waals surface area contributed by atoms with Gasteiger partial charge in [-0.15, -0.1) is 15.3 Å². The van der Waals surface area contributed by atoms with Crippen LogP contribution in [0.5, 0.6) is 0 Å². The SMILES string of the molecule is Cc1ccc(-c2nnc3ccc(NC4CCCCC4)nn23)nc1. The lowest BCUT2D eigenvalue weighted by Gasteiger charge is -2.23. The fourth-order valence-electron chi connectivity index (χ4n) is 3.08. The number of nitrogens with zero attached hydrogens (tertiary/aromatic N) is 5. The van der Waals surface area contributed by atoms with Crippen molar-refractivity contribution < 1.29 is 0 Å². The van der Waals surface area contributed by atoms with Gasteiger partial charge in [-0.1, -0.05) is 25.3 Å². The highest BCUT2D eigenvalue weighted by Gasteiger charge is 2.15. The molecule has 1 saturated carbocycles. The second kappa shape index (κ2) is 5.95. The molecule has 0 saturated heterocycles. The van der Waals surface area contributed by atoms with Crippen LogP contribution in [0.2, 0.25) is 0 Å². The van der Waals surface area contributed by atoms with Crippen LogP contribution < -0.4 is 5.32 Å². The molecule has 1 aliphatic rings. The third-order valence-corrected chi connectivity index (χ3v) is 4.36. The predicted octanol–water partition coefficient (Wildman–Crippen LogP) is 3.24. The smallest absolute Gasteiger partial charge is 0.203 e. The summed E-state index contributed by atoms with van der Waals surface area (Å²) in [6.07, 6.45) is 8.21. The molecule has 23 heavy (non-hydrogen) atoms. The van der Waals surface area contributed by atoms with E-state index in [9.17, 15) is 0 Å². The van der Waals surface area contributed by atoms with E-state index in [2.05, 4.69) is 25.6 Å². The highest BCUT2D eigenvalue weighted by atomic mass is 15.4. The molecule has 0 spiro atoms. The van der Waals surface area contributed by atoms with E-state index in [1.807, 2.05) is 37.4 Å². The third-order valence-electron chi connectivity index (χ3n) is 4.36. The normalized spacial score (nSPS) is 15.9. The molecule has 3 aromatic heterocycles. The summed E-state index contributed by atoms with van der Waals surface area (Å²) >= 11 is 0. The Labute approximate surface area is 135 Å². The van der Waals surface area contributed by atoms with Gasteiger partial charge in [0.05, 0.1) is 0 Å². The summed E-state index contributed by atoms with van der Waals surface area (Å²) in [6.45, 7) is 2.02. The zero-order chi connectivity index (χ0) is 15.6. The van der Waals surface area contributed by atoms with Crippen LogP contribution in [-0.4, -0.2) is 30.8 Å². The van der Waals surface area contributed by atoms with Crippen LogP contribution >= 0.6 is 0 Å². The minimum Gasteiger partial charge on any atom is -0.366 e. The second-order valence-corrected chi connectivity index (χ2v) is 6.21. The molecule has 0 aliphatic heterocycles. The zero-order valence-corrected chi connectivity index (χ0v) is 13.2. The number of rotatable bonds is 3.